The molecule has 0 radical (unpaired) electrons. The van der Waals surface area contributed by atoms with E-state index in [1.165, 1.54) is 20.2 Å². The summed E-state index contributed by atoms with van der Waals surface area (Å²) in [6.07, 6.45) is 0. The summed E-state index contributed by atoms with van der Waals surface area (Å²) in [6, 6.07) is 12.8. The molecule has 2 heterocycles. The van der Waals surface area contributed by atoms with Crippen molar-refractivity contribution in [1.82, 2.24) is 9.97 Å². The maximum absolute atomic E-state index is 4.61. The van der Waals surface area contributed by atoms with E-state index in [4.69, 9.17) is 0 Å². The molecule has 4 rings (SSSR count). The van der Waals surface area contributed by atoms with Crippen LogP contribution < -0.4 is 0 Å². The second kappa shape index (κ2) is 3.08. The maximum Gasteiger partial charge on any atom is 0.104 e. The molecule has 2 aromatic carbocycles. The van der Waals surface area contributed by atoms with Gasteiger partial charge in [-0.3, -0.25) is 0 Å². The smallest absolute Gasteiger partial charge is 0.104 e. The van der Waals surface area contributed by atoms with E-state index >= 15 is 0 Å². The summed E-state index contributed by atoms with van der Waals surface area (Å²) in [5.41, 5.74) is 2.22. The summed E-state index contributed by atoms with van der Waals surface area (Å²) in [4.78, 5) is 7.91. The average molecular weight is 238 g/mol. The summed E-state index contributed by atoms with van der Waals surface area (Å²) >= 11 is 1.83. The number of hydrogen-bond donors (Lipinski definition) is 1. The maximum atomic E-state index is 4.61. The number of imidazole rings is 1. The zero-order valence-corrected chi connectivity index (χ0v) is 10.1. The molecular weight excluding hydrogens is 228 g/mol. The van der Waals surface area contributed by atoms with Crippen molar-refractivity contribution < 1.29 is 0 Å². The molecule has 0 bridgehead atoms. The Hall–Kier alpha value is -1.87. The third kappa shape index (κ3) is 1.17. The number of H-pyrrole nitrogens is 1. The highest BCUT2D eigenvalue weighted by Gasteiger charge is 2.10. The Kier molecular flexibility index (Phi) is 1.66. The van der Waals surface area contributed by atoms with Gasteiger partial charge < -0.3 is 4.98 Å². The standard InChI is InChI=1S/C14H10N2S/c1-8-15-10-6-7-12-13(14(10)16-8)9-4-2-3-5-11(9)17-12/h2-7H,1H3,(H,15,16). The predicted molar refractivity (Wildman–Crippen MR) is 73.7 cm³/mol. The molecule has 17 heavy (non-hydrogen) atoms. The van der Waals surface area contributed by atoms with E-state index in [0.29, 0.717) is 0 Å². The molecule has 0 fully saturated rings. The molecule has 2 nitrogen and oxygen atoms in total. The van der Waals surface area contributed by atoms with Gasteiger partial charge in [-0.2, -0.15) is 0 Å². The minimum absolute atomic E-state index is 0.975. The van der Waals surface area contributed by atoms with Gasteiger partial charge in [-0.25, -0.2) is 4.98 Å². The fourth-order valence-corrected chi connectivity index (χ4v) is 3.51. The number of aryl methyl sites for hydroxylation is 1. The first-order valence-corrected chi connectivity index (χ1v) is 6.41. The Morgan fingerprint density at radius 2 is 1.94 bits per heavy atom. The van der Waals surface area contributed by atoms with Crippen LogP contribution in [-0.4, -0.2) is 9.97 Å². The van der Waals surface area contributed by atoms with Crippen LogP contribution in [0.5, 0.6) is 0 Å². The monoisotopic (exact) mass is 238 g/mol. The Labute approximate surface area is 102 Å². The van der Waals surface area contributed by atoms with Gasteiger partial charge in [0, 0.05) is 20.2 Å². The summed E-state index contributed by atoms with van der Waals surface area (Å²) in [5, 5.41) is 2.59. The van der Waals surface area contributed by atoms with Gasteiger partial charge in [-0.15, -0.1) is 11.3 Å². The van der Waals surface area contributed by atoms with Crippen LogP contribution in [0.2, 0.25) is 0 Å². The molecule has 0 atom stereocenters. The van der Waals surface area contributed by atoms with Crippen LogP contribution in [0.3, 0.4) is 0 Å². The molecule has 0 saturated carbocycles. The largest absolute Gasteiger partial charge is 0.342 e. The second-order valence-corrected chi connectivity index (χ2v) is 5.34. The Morgan fingerprint density at radius 1 is 1.06 bits per heavy atom. The molecule has 82 valence electrons. The second-order valence-electron chi connectivity index (χ2n) is 4.26. The van der Waals surface area contributed by atoms with E-state index in [1.807, 2.05) is 18.3 Å². The van der Waals surface area contributed by atoms with Crippen LogP contribution in [-0.2, 0) is 0 Å². The lowest BCUT2D eigenvalue weighted by Crippen LogP contribution is -1.71. The number of aromatic nitrogens is 2. The quantitative estimate of drug-likeness (QED) is 0.487. The van der Waals surface area contributed by atoms with E-state index < -0.39 is 0 Å². The molecule has 4 aromatic rings. The minimum Gasteiger partial charge on any atom is -0.342 e. The first kappa shape index (κ1) is 9.19. The normalized spacial score (nSPS) is 11.8. The molecule has 0 aliphatic rings. The Morgan fingerprint density at radius 3 is 2.88 bits per heavy atom. The summed E-state index contributed by atoms with van der Waals surface area (Å²) in [7, 11) is 0. The van der Waals surface area contributed by atoms with E-state index in [1.54, 1.807) is 0 Å². The number of fused-ring (bicyclic) bond motifs is 5. The lowest BCUT2D eigenvalue weighted by Gasteiger charge is -1.92. The first-order chi connectivity index (χ1) is 8.33. The molecule has 0 aliphatic carbocycles. The van der Waals surface area contributed by atoms with Gasteiger partial charge in [0.1, 0.15) is 5.82 Å². The molecule has 0 unspecified atom stereocenters. The van der Waals surface area contributed by atoms with Crippen molar-refractivity contribution in [1.29, 1.82) is 0 Å². The number of nitrogens with one attached hydrogen (secondary N) is 1. The van der Waals surface area contributed by atoms with Crippen molar-refractivity contribution in [3.05, 3.63) is 42.2 Å². The minimum atomic E-state index is 0.975. The van der Waals surface area contributed by atoms with Gasteiger partial charge in [-0.05, 0) is 25.1 Å². The Bertz CT molecular complexity index is 854. The molecule has 1 N–H and O–H groups in total. The van der Waals surface area contributed by atoms with Gasteiger partial charge in [0.2, 0.25) is 0 Å². The van der Waals surface area contributed by atoms with Crippen molar-refractivity contribution in [3.8, 4) is 0 Å². The fourth-order valence-electron chi connectivity index (χ4n) is 2.41. The van der Waals surface area contributed by atoms with E-state index in [0.717, 1.165) is 16.9 Å². The molecule has 0 saturated heterocycles. The number of aromatic amines is 1. The van der Waals surface area contributed by atoms with Crippen LogP contribution in [0.4, 0.5) is 0 Å². The lowest BCUT2D eigenvalue weighted by molar-refractivity contribution is 1.17. The van der Waals surface area contributed by atoms with Crippen molar-refractivity contribution in [2.45, 2.75) is 6.92 Å². The molecule has 3 heteroatoms. The molecular formula is C14H10N2S. The molecule has 0 spiro atoms. The van der Waals surface area contributed by atoms with Gasteiger partial charge in [0.25, 0.3) is 0 Å². The first-order valence-electron chi connectivity index (χ1n) is 5.59. The number of rotatable bonds is 0. The van der Waals surface area contributed by atoms with Crippen molar-refractivity contribution >= 4 is 42.5 Å². The van der Waals surface area contributed by atoms with Crippen molar-refractivity contribution in [3.63, 3.8) is 0 Å². The van der Waals surface area contributed by atoms with Gasteiger partial charge in [0.05, 0.1) is 11.0 Å². The van der Waals surface area contributed by atoms with E-state index in [-0.39, 0.29) is 0 Å². The molecule has 0 amide bonds. The number of thiophene rings is 1. The van der Waals surface area contributed by atoms with Gasteiger partial charge >= 0.3 is 0 Å². The van der Waals surface area contributed by atoms with E-state index in [2.05, 4.69) is 46.4 Å². The van der Waals surface area contributed by atoms with Crippen molar-refractivity contribution in [2.24, 2.45) is 0 Å². The summed E-state index contributed by atoms with van der Waals surface area (Å²) < 4.78 is 2.64. The average Bonchev–Trinajstić information content (AvgIpc) is 2.87. The zero-order chi connectivity index (χ0) is 11.4. The van der Waals surface area contributed by atoms with Gasteiger partial charge in [0.15, 0.2) is 0 Å². The number of benzene rings is 2. The summed E-state index contributed by atoms with van der Waals surface area (Å²) in [6.45, 7) is 2.00. The highest BCUT2D eigenvalue weighted by Crippen LogP contribution is 2.37. The number of hydrogen-bond acceptors (Lipinski definition) is 2. The zero-order valence-electron chi connectivity index (χ0n) is 9.32. The highest BCUT2D eigenvalue weighted by atomic mass is 32.1. The third-order valence-corrected chi connectivity index (χ3v) is 4.25. The van der Waals surface area contributed by atoms with E-state index in [9.17, 15) is 0 Å². The third-order valence-electron chi connectivity index (χ3n) is 3.11. The van der Waals surface area contributed by atoms with Gasteiger partial charge in [-0.1, -0.05) is 18.2 Å². The van der Waals surface area contributed by atoms with Crippen LogP contribution in [0.15, 0.2) is 36.4 Å². The lowest BCUT2D eigenvalue weighted by atomic mass is 10.1. The topological polar surface area (TPSA) is 28.7 Å². The summed E-state index contributed by atoms with van der Waals surface area (Å²) in [5.74, 6) is 0.975. The van der Waals surface area contributed by atoms with Crippen LogP contribution in [0.25, 0.3) is 31.2 Å². The van der Waals surface area contributed by atoms with Crippen LogP contribution in [0, 0.1) is 6.92 Å². The molecule has 0 aliphatic heterocycles. The van der Waals surface area contributed by atoms with Crippen molar-refractivity contribution in [2.75, 3.05) is 0 Å². The Balaban J connectivity index is 2.37. The SMILES string of the molecule is Cc1nc2c(ccc3sc4ccccc4c32)[nH]1. The van der Waals surface area contributed by atoms with Crippen LogP contribution in [0.1, 0.15) is 5.82 Å². The fraction of sp³-hybridized carbons (Fsp3) is 0.0714. The number of nitrogens with zero attached hydrogens (tertiary/aromatic N) is 1. The van der Waals surface area contributed by atoms with Crippen LogP contribution >= 0.6 is 11.3 Å². The highest BCUT2D eigenvalue weighted by molar-refractivity contribution is 7.26. The predicted octanol–water partition coefficient (Wildman–Crippen LogP) is 4.24. The molecule has 2 aromatic heterocycles.